The molecule has 1 fully saturated rings. The van der Waals surface area contributed by atoms with Gasteiger partial charge in [-0.2, -0.15) is 0 Å². The van der Waals surface area contributed by atoms with Gasteiger partial charge in [0, 0.05) is 50.0 Å². The summed E-state index contributed by atoms with van der Waals surface area (Å²) in [7, 11) is 0. The van der Waals surface area contributed by atoms with Crippen molar-refractivity contribution in [3.05, 3.63) is 62.8 Å². The van der Waals surface area contributed by atoms with Crippen LogP contribution in [0.5, 0.6) is 5.75 Å². The van der Waals surface area contributed by atoms with Crippen molar-refractivity contribution in [2.75, 3.05) is 32.8 Å². The van der Waals surface area contributed by atoms with Crippen LogP contribution in [-0.2, 0) is 17.8 Å². The van der Waals surface area contributed by atoms with Crippen LogP contribution >= 0.6 is 0 Å². The van der Waals surface area contributed by atoms with Crippen LogP contribution in [0.1, 0.15) is 40.3 Å². The van der Waals surface area contributed by atoms with E-state index in [2.05, 4.69) is 4.90 Å². The Kier molecular flexibility index (Phi) is 5.62. The molecule has 7 nitrogen and oxygen atoms in total. The average molecular weight is 415 g/mol. The molecule has 4 rings (SSSR count). The number of morpholine rings is 1. The molecule has 2 aromatic rings. The molecule has 8 heteroatoms. The van der Waals surface area contributed by atoms with E-state index in [-0.39, 0.29) is 24.1 Å². The number of hydrogen-bond donors (Lipinski definition) is 1. The molecule has 0 saturated carbocycles. The van der Waals surface area contributed by atoms with Crippen molar-refractivity contribution in [2.45, 2.75) is 33.0 Å². The van der Waals surface area contributed by atoms with Crippen LogP contribution in [0.15, 0.2) is 29.1 Å². The van der Waals surface area contributed by atoms with Crippen molar-refractivity contribution < 1.29 is 19.0 Å². The standard InChI is InChI=1S/C22H26FN3O4/c1-14(24-9-11-30-12-10-24)18-15(2)26-8-7-25(13-16-3-5-17(23)6-4-16)22(29)19(26)21(28)20(18)27/h3-6,14,28H,7-13H2,1-2H3. The fourth-order valence-electron chi connectivity index (χ4n) is 4.41. The number of fused-ring (bicyclic) bond motifs is 1. The van der Waals surface area contributed by atoms with Crippen LogP contribution in [0.4, 0.5) is 4.39 Å². The van der Waals surface area contributed by atoms with Crippen LogP contribution in [0.2, 0.25) is 0 Å². The first-order chi connectivity index (χ1) is 14.4. The van der Waals surface area contributed by atoms with Gasteiger partial charge in [-0.1, -0.05) is 12.1 Å². The van der Waals surface area contributed by atoms with Gasteiger partial charge in [0.25, 0.3) is 5.91 Å². The summed E-state index contributed by atoms with van der Waals surface area (Å²) >= 11 is 0. The second-order valence-corrected chi connectivity index (χ2v) is 7.85. The second-order valence-electron chi connectivity index (χ2n) is 7.85. The highest BCUT2D eigenvalue weighted by Crippen LogP contribution is 2.29. The SMILES string of the molecule is Cc1c(C(C)N2CCOCC2)c(=O)c(O)c2n1CCN(Cc1ccc(F)cc1)C2=O. The monoisotopic (exact) mass is 415 g/mol. The highest BCUT2D eigenvalue weighted by molar-refractivity contribution is 5.96. The molecule has 0 radical (unpaired) electrons. The first-order valence-electron chi connectivity index (χ1n) is 10.2. The van der Waals surface area contributed by atoms with Crippen molar-refractivity contribution in [3.63, 3.8) is 0 Å². The largest absolute Gasteiger partial charge is 0.503 e. The van der Waals surface area contributed by atoms with E-state index >= 15 is 0 Å². The number of aromatic nitrogens is 1. The third-order valence-corrected chi connectivity index (χ3v) is 6.13. The Morgan fingerprint density at radius 1 is 1.10 bits per heavy atom. The van der Waals surface area contributed by atoms with Crippen molar-refractivity contribution in [1.82, 2.24) is 14.4 Å². The zero-order valence-corrected chi connectivity index (χ0v) is 17.2. The number of rotatable bonds is 4. The van der Waals surface area contributed by atoms with Gasteiger partial charge >= 0.3 is 0 Å². The van der Waals surface area contributed by atoms with E-state index in [0.29, 0.717) is 50.7 Å². The summed E-state index contributed by atoms with van der Waals surface area (Å²) in [5.41, 5.74) is 1.56. The maximum atomic E-state index is 13.2. The third-order valence-electron chi connectivity index (χ3n) is 6.13. The van der Waals surface area contributed by atoms with Gasteiger partial charge in [-0.25, -0.2) is 4.39 Å². The second kappa shape index (κ2) is 8.20. The minimum atomic E-state index is -0.496. The molecule has 0 bridgehead atoms. The Hall–Kier alpha value is -2.71. The normalized spacial score (nSPS) is 18.4. The number of hydrogen-bond acceptors (Lipinski definition) is 5. The van der Waals surface area contributed by atoms with Crippen molar-refractivity contribution in [3.8, 4) is 5.75 Å². The smallest absolute Gasteiger partial charge is 0.274 e. The van der Waals surface area contributed by atoms with E-state index < -0.39 is 17.1 Å². The summed E-state index contributed by atoms with van der Waals surface area (Å²) in [6.45, 7) is 7.64. The molecular weight excluding hydrogens is 389 g/mol. The summed E-state index contributed by atoms with van der Waals surface area (Å²) < 4.78 is 20.3. The molecule has 30 heavy (non-hydrogen) atoms. The van der Waals surface area contributed by atoms with Crippen molar-refractivity contribution in [1.29, 1.82) is 0 Å². The van der Waals surface area contributed by atoms with Crippen LogP contribution in [-0.4, -0.2) is 58.2 Å². The van der Waals surface area contributed by atoms with E-state index in [4.69, 9.17) is 4.74 Å². The number of aromatic hydroxyl groups is 1. The average Bonchev–Trinajstić information content (AvgIpc) is 2.75. The number of halogens is 1. The minimum absolute atomic E-state index is 0.0313. The molecule has 1 unspecified atom stereocenters. The third kappa shape index (κ3) is 3.61. The molecule has 1 atom stereocenters. The Labute approximate surface area is 174 Å². The lowest BCUT2D eigenvalue weighted by molar-refractivity contribution is 0.0193. The van der Waals surface area contributed by atoms with E-state index in [0.717, 1.165) is 5.56 Å². The number of carbonyl (C=O) groups is 1. The van der Waals surface area contributed by atoms with Crippen LogP contribution in [0.25, 0.3) is 0 Å². The van der Waals surface area contributed by atoms with Gasteiger partial charge in [-0.05, 0) is 31.5 Å². The molecule has 0 spiro atoms. The number of amides is 1. The van der Waals surface area contributed by atoms with Crippen LogP contribution < -0.4 is 5.43 Å². The number of benzene rings is 1. The summed E-state index contributed by atoms with van der Waals surface area (Å²) in [5.74, 6) is -1.23. The van der Waals surface area contributed by atoms with Gasteiger partial charge in [0.2, 0.25) is 5.43 Å². The lowest BCUT2D eigenvalue weighted by Gasteiger charge is -2.36. The molecule has 3 heterocycles. The highest BCUT2D eigenvalue weighted by Gasteiger charge is 2.33. The molecule has 160 valence electrons. The molecule has 1 N–H and O–H groups in total. The Balaban J connectivity index is 1.67. The molecule has 1 amide bonds. The fourth-order valence-corrected chi connectivity index (χ4v) is 4.41. The Morgan fingerprint density at radius 2 is 1.77 bits per heavy atom. The van der Waals surface area contributed by atoms with E-state index in [1.807, 2.05) is 13.8 Å². The number of pyridine rings is 1. The highest BCUT2D eigenvalue weighted by atomic mass is 19.1. The lowest BCUT2D eigenvalue weighted by Crippen LogP contribution is -2.44. The number of carbonyl (C=O) groups excluding carboxylic acids is 1. The van der Waals surface area contributed by atoms with Crippen LogP contribution in [0, 0.1) is 12.7 Å². The molecule has 2 aliphatic heterocycles. The summed E-state index contributed by atoms with van der Waals surface area (Å²) in [6.07, 6.45) is 0. The van der Waals surface area contributed by atoms with Gasteiger partial charge < -0.3 is 19.3 Å². The van der Waals surface area contributed by atoms with Crippen LogP contribution in [0.3, 0.4) is 0 Å². The maximum Gasteiger partial charge on any atom is 0.274 e. The zero-order valence-electron chi connectivity index (χ0n) is 17.2. The van der Waals surface area contributed by atoms with Gasteiger partial charge in [0.05, 0.1) is 13.2 Å². The fraction of sp³-hybridized carbons (Fsp3) is 0.455. The molecular formula is C22H26FN3O4. The molecule has 1 saturated heterocycles. The summed E-state index contributed by atoms with van der Waals surface area (Å²) in [6, 6.07) is 5.77. The predicted molar refractivity (Wildman–Crippen MR) is 109 cm³/mol. The molecule has 2 aliphatic rings. The van der Waals surface area contributed by atoms with Gasteiger partial charge in [0.15, 0.2) is 11.4 Å². The Morgan fingerprint density at radius 3 is 2.43 bits per heavy atom. The van der Waals surface area contributed by atoms with Gasteiger partial charge in [-0.3, -0.25) is 14.5 Å². The molecule has 0 aliphatic carbocycles. The first kappa shape index (κ1) is 20.6. The topological polar surface area (TPSA) is 75.0 Å². The number of nitrogens with zero attached hydrogens (tertiary/aromatic N) is 3. The van der Waals surface area contributed by atoms with Gasteiger partial charge in [-0.15, -0.1) is 0 Å². The van der Waals surface area contributed by atoms with Crippen molar-refractivity contribution >= 4 is 5.91 Å². The van der Waals surface area contributed by atoms with E-state index in [1.165, 1.54) is 12.1 Å². The van der Waals surface area contributed by atoms with E-state index in [1.54, 1.807) is 21.6 Å². The van der Waals surface area contributed by atoms with Gasteiger partial charge in [0.1, 0.15) is 5.82 Å². The molecule has 1 aromatic carbocycles. The summed E-state index contributed by atoms with van der Waals surface area (Å²) in [5, 5.41) is 10.7. The maximum absolute atomic E-state index is 13.2. The first-order valence-corrected chi connectivity index (χ1v) is 10.2. The van der Waals surface area contributed by atoms with Crippen molar-refractivity contribution in [2.24, 2.45) is 0 Å². The predicted octanol–water partition coefficient (Wildman–Crippen LogP) is 2.05. The molecule has 1 aromatic heterocycles. The summed E-state index contributed by atoms with van der Waals surface area (Å²) in [4.78, 5) is 29.9. The number of ether oxygens (including phenoxy) is 1. The zero-order chi connectivity index (χ0) is 21.4. The lowest BCUT2D eigenvalue weighted by atomic mass is 10.0. The minimum Gasteiger partial charge on any atom is -0.503 e. The Bertz CT molecular complexity index is 1010. The quantitative estimate of drug-likeness (QED) is 0.827. The van der Waals surface area contributed by atoms with E-state index in [9.17, 15) is 19.1 Å².